The third kappa shape index (κ3) is 5.93. The van der Waals surface area contributed by atoms with Gasteiger partial charge in [-0.05, 0) is 44.2 Å². The summed E-state index contributed by atoms with van der Waals surface area (Å²) in [5.41, 5.74) is 2.33. The Balaban J connectivity index is 1.90. The predicted octanol–water partition coefficient (Wildman–Crippen LogP) is 6.37. The van der Waals surface area contributed by atoms with Gasteiger partial charge in [-0.1, -0.05) is 34.5 Å². The lowest BCUT2D eigenvalue weighted by Crippen LogP contribution is -2.30. The first-order valence-corrected chi connectivity index (χ1v) is 11.4. The number of halogens is 2. The van der Waals surface area contributed by atoms with Crippen LogP contribution in [-0.4, -0.2) is 36.6 Å². The standard InChI is InChI=1S/C21H21Cl2N5O3S/c1-4-28(11-20(30)31-5-2)13-6-7-16(17(8-13)24-12(3)29)26-27-21-25-18-9-14(22)15(23)10-19(18)32-21/h6-10H,4-5,11H2,1-3H3,(H,24,29). The van der Waals surface area contributed by atoms with E-state index < -0.39 is 0 Å². The van der Waals surface area contributed by atoms with Gasteiger partial charge in [0.2, 0.25) is 11.0 Å². The molecule has 2 aromatic carbocycles. The van der Waals surface area contributed by atoms with Crippen molar-refractivity contribution in [2.75, 3.05) is 29.9 Å². The van der Waals surface area contributed by atoms with Crippen molar-refractivity contribution in [1.29, 1.82) is 0 Å². The highest BCUT2D eigenvalue weighted by molar-refractivity contribution is 7.22. The Bertz CT molecular complexity index is 1140. The van der Waals surface area contributed by atoms with E-state index in [1.807, 2.05) is 11.8 Å². The van der Waals surface area contributed by atoms with Crippen molar-refractivity contribution in [2.24, 2.45) is 10.2 Å². The Hall–Kier alpha value is -2.75. The number of azo groups is 1. The first-order chi connectivity index (χ1) is 15.3. The van der Waals surface area contributed by atoms with Gasteiger partial charge in [-0.15, -0.1) is 10.2 Å². The summed E-state index contributed by atoms with van der Waals surface area (Å²) >= 11 is 13.4. The predicted molar refractivity (Wildman–Crippen MR) is 129 cm³/mol. The van der Waals surface area contributed by atoms with Gasteiger partial charge in [0, 0.05) is 19.2 Å². The molecule has 0 aliphatic rings. The van der Waals surface area contributed by atoms with Crippen molar-refractivity contribution in [3.8, 4) is 0 Å². The van der Waals surface area contributed by atoms with Gasteiger partial charge in [-0.2, -0.15) is 0 Å². The number of nitrogens with zero attached hydrogens (tertiary/aromatic N) is 4. The van der Waals surface area contributed by atoms with E-state index in [0.717, 1.165) is 10.4 Å². The second-order valence-corrected chi connectivity index (χ2v) is 8.46. The molecule has 1 aromatic heterocycles. The molecule has 0 fully saturated rings. The highest BCUT2D eigenvalue weighted by atomic mass is 35.5. The van der Waals surface area contributed by atoms with Gasteiger partial charge in [-0.25, -0.2) is 4.98 Å². The minimum Gasteiger partial charge on any atom is -0.465 e. The van der Waals surface area contributed by atoms with Gasteiger partial charge in [0.25, 0.3) is 0 Å². The number of likely N-dealkylation sites (N-methyl/N-ethyl adjacent to an activating group) is 1. The molecule has 32 heavy (non-hydrogen) atoms. The van der Waals surface area contributed by atoms with Crippen LogP contribution in [0.2, 0.25) is 10.0 Å². The number of anilines is 2. The molecule has 0 atom stereocenters. The van der Waals surface area contributed by atoms with E-state index in [0.29, 0.717) is 45.2 Å². The Labute approximate surface area is 199 Å². The minimum atomic E-state index is -0.324. The number of carbonyl (C=O) groups is 2. The zero-order valence-electron chi connectivity index (χ0n) is 17.7. The van der Waals surface area contributed by atoms with E-state index in [2.05, 4.69) is 20.5 Å². The SMILES string of the molecule is CCOC(=O)CN(CC)c1ccc(N=Nc2nc3cc(Cl)c(Cl)cc3s2)c(NC(C)=O)c1. The fraction of sp³-hybridized carbons (Fsp3) is 0.286. The number of rotatable bonds is 8. The largest absolute Gasteiger partial charge is 0.465 e. The van der Waals surface area contributed by atoms with Crippen LogP contribution < -0.4 is 10.2 Å². The molecule has 0 aliphatic heterocycles. The van der Waals surface area contributed by atoms with Gasteiger partial charge in [-0.3, -0.25) is 9.59 Å². The molecule has 0 aliphatic carbocycles. The maximum Gasteiger partial charge on any atom is 0.325 e. The molecule has 1 amide bonds. The summed E-state index contributed by atoms with van der Waals surface area (Å²) in [6, 6.07) is 8.68. The summed E-state index contributed by atoms with van der Waals surface area (Å²) in [6.45, 7) is 6.09. The van der Waals surface area contributed by atoms with Crippen LogP contribution in [0.4, 0.5) is 22.2 Å². The third-order valence-electron chi connectivity index (χ3n) is 4.33. The quantitative estimate of drug-likeness (QED) is 0.290. The van der Waals surface area contributed by atoms with E-state index in [-0.39, 0.29) is 18.4 Å². The Morgan fingerprint density at radius 2 is 1.91 bits per heavy atom. The molecule has 3 aromatic rings. The summed E-state index contributed by atoms with van der Waals surface area (Å²) in [5.74, 6) is -0.577. The van der Waals surface area contributed by atoms with Gasteiger partial charge in [0.1, 0.15) is 12.2 Å². The number of carbonyl (C=O) groups excluding carboxylic acids is 2. The van der Waals surface area contributed by atoms with Crippen molar-refractivity contribution in [2.45, 2.75) is 20.8 Å². The van der Waals surface area contributed by atoms with Crippen LogP contribution in [0.1, 0.15) is 20.8 Å². The topological polar surface area (TPSA) is 96.2 Å². The van der Waals surface area contributed by atoms with Crippen LogP contribution in [0.5, 0.6) is 0 Å². The molecule has 1 heterocycles. The van der Waals surface area contributed by atoms with Crippen molar-refractivity contribution < 1.29 is 14.3 Å². The molecule has 0 saturated carbocycles. The van der Waals surface area contributed by atoms with Crippen LogP contribution in [0.25, 0.3) is 10.2 Å². The molecule has 0 bridgehead atoms. The van der Waals surface area contributed by atoms with Crippen LogP contribution in [0.3, 0.4) is 0 Å². The van der Waals surface area contributed by atoms with Gasteiger partial charge < -0.3 is 15.0 Å². The Kier molecular flexibility index (Phi) is 8.00. The Morgan fingerprint density at radius 1 is 1.16 bits per heavy atom. The van der Waals surface area contributed by atoms with E-state index in [4.69, 9.17) is 27.9 Å². The number of hydrogen-bond donors (Lipinski definition) is 1. The van der Waals surface area contributed by atoms with E-state index in [1.165, 1.54) is 18.3 Å². The second-order valence-electron chi connectivity index (χ2n) is 6.63. The number of fused-ring (bicyclic) bond motifs is 1. The van der Waals surface area contributed by atoms with Gasteiger partial charge in [0.15, 0.2) is 0 Å². The number of hydrogen-bond acceptors (Lipinski definition) is 8. The van der Waals surface area contributed by atoms with Crippen molar-refractivity contribution >= 4 is 78.8 Å². The summed E-state index contributed by atoms with van der Waals surface area (Å²) in [4.78, 5) is 29.9. The lowest BCUT2D eigenvalue weighted by molar-refractivity contribution is -0.141. The van der Waals surface area contributed by atoms with Crippen molar-refractivity contribution in [3.63, 3.8) is 0 Å². The molecule has 0 unspecified atom stereocenters. The number of thiazole rings is 1. The van der Waals surface area contributed by atoms with Crippen LogP contribution in [0.15, 0.2) is 40.6 Å². The van der Waals surface area contributed by atoms with Crippen LogP contribution in [0, 0.1) is 0 Å². The molecular formula is C21H21Cl2N5O3S. The van der Waals surface area contributed by atoms with Crippen LogP contribution in [-0.2, 0) is 14.3 Å². The molecule has 8 nitrogen and oxygen atoms in total. The summed E-state index contributed by atoms with van der Waals surface area (Å²) in [7, 11) is 0. The van der Waals surface area contributed by atoms with Gasteiger partial charge in [0.05, 0.1) is 32.6 Å². The lowest BCUT2D eigenvalue weighted by Gasteiger charge is -2.23. The first kappa shape index (κ1) is 23.9. The van der Waals surface area contributed by atoms with Crippen LogP contribution >= 0.6 is 34.5 Å². The van der Waals surface area contributed by atoms with E-state index in [9.17, 15) is 9.59 Å². The maximum absolute atomic E-state index is 11.9. The molecule has 11 heteroatoms. The van der Waals surface area contributed by atoms with E-state index in [1.54, 1.807) is 37.3 Å². The average Bonchev–Trinajstić information content (AvgIpc) is 3.12. The zero-order chi connectivity index (χ0) is 23.3. The van der Waals surface area contributed by atoms with E-state index >= 15 is 0 Å². The average molecular weight is 494 g/mol. The number of amides is 1. The molecule has 1 N–H and O–H groups in total. The van der Waals surface area contributed by atoms with Gasteiger partial charge >= 0.3 is 5.97 Å². The summed E-state index contributed by atoms with van der Waals surface area (Å²) in [5, 5.41) is 12.5. The highest BCUT2D eigenvalue weighted by Gasteiger charge is 2.14. The monoisotopic (exact) mass is 493 g/mol. The fourth-order valence-corrected chi connectivity index (χ4v) is 4.09. The zero-order valence-corrected chi connectivity index (χ0v) is 20.0. The number of nitrogens with one attached hydrogen (secondary N) is 1. The Morgan fingerprint density at radius 3 is 2.59 bits per heavy atom. The number of aromatic nitrogens is 1. The smallest absolute Gasteiger partial charge is 0.325 e. The second kappa shape index (κ2) is 10.7. The molecular weight excluding hydrogens is 473 g/mol. The minimum absolute atomic E-state index is 0.0987. The first-order valence-electron chi connectivity index (χ1n) is 9.80. The lowest BCUT2D eigenvalue weighted by atomic mass is 10.2. The summed E-state index contributed by atoms with van der Waals surface area (Å²) in [6.07, 6.45) is 0. The number of esters is 1. The summed E-state index contributed by atoms with van der Waals surface area (Å²) < 4.78 is 5.87. The molecule has 3 rings (SSSR count). The fourth-order valence-electron chi connectivity index (χ4n) is 2.90. The number of ether oxygens (including phenoxy) is 1. The maximum atomic E-state index is 11.9. The molecule has 0 saturated heterocycles. The normalized spacial score (nSPS) is 11.2. The van der Waals surface area contributed by atoms with Crippen molar-refractivity contribution in [3.05, 3.63) is 40.4 Å². The molecule has 0 radical (unpaired) electrons. The molecule has 0 spiro atoms. The third-order valence-corrected chi connectivity index (χ3v) is 5.95. The van der Waals surface area contributed by atoms with Crippen molar-refractivity contribution in [1.82, 2.24) is 4.98 Å². The molecule has 168 valence electrons. The highest BCUT2D eigenvalue weighted by Crippen LogP contribution is 2.36. The number of benzene rings is 2.